The molecule has 3 rings (SSSR count). The number of rotatable bonds is 5. The third-order valence-corrected chi connectivity index (χ3v) is 3.67. The summed E-state index contributed by atoms with van der Waals surface area (Å²) in [5.41, 5.74) is 3.12. The van der Waals surface area contributed by atoms with Crippen LogP contribution in [0.1, 0.15) is 11.1 Å². The van der Waals surface area contributed by atoms with E-state index >= 15 is 0 Å². The molecule has 0 spiro atoms. The minimum absolute atomic E-state index is 0.133. The van der Waals surface area contributed by atoms with Crippen LogP contribution in [0, 0.1) is 12.7 Å². The maximum Gasteiger partial charge on any atom is 0.229 e. The van der Waals surface area contributed by atoms with Crippen LogP contribution < -0.4 is 10.6 Å². The van der Waals surface area contributed by atoms with Crippen molar-refractivity contribution < 1.29 is 9.18 Å². The highest BCUT2D eigenvalue weighted by molar-refractivity contribution is 5.91. The first-order chi connectivity index (χ1) is 12.1. The van der Waals surface area contributed by atoms with Crippen LogP contribution in [0.4, 0.5) is 21.6 Å². The number of anilines is 3. The van der Waals surface area contributed by atoms with E-state index in [2.05, 4.69) is 15.6 Å². The number of hydrogen-bond donors (Lipinski definition) is 2. The molecule has 0 aliphatic carbocycles. The molecule has 0 bridgehead atoms. The lowest BCUT2D eigenvalue weighted by Gasteiger charge is -2.09. The van der Waals surface area contributed by atoms with Crippen molar-refractivity contribution in [1.82, 2.24) is 4.98 Å². The van der Waals surface area contributed by atoms with Crippen LogP contribution in [0.15, 0.2) is 66.9 Å². The zero-order valence-corrected chi connectivity index (χ0v) is 13.8. The van der Waals surface area contributed by atoms with Crippen molar-refractivity contribution in [2.75, 3.05) is 10.6 Å². The van der Waals surface area contributed by atoms with Gasteiger partial charge in [0.2, 0.25) is 5.91 Å². The Balaban J connectivity index is 1.59. The summed E-state index contributed by atoms with van der Waals surface area (Å²) in [6.07, 6.45) is 1.84. The van der Waals surface area contributed by atoms with Gasteiger partial charge in [-0.1, -0.05) is 42.0 Å². The molecule has 5 heteroatoms. The van der Waals surface area contributed by atoms with Crippen LogP contribution in [0.5, 0.6) is 0 Å². The summed E-state index contributed by atoms with van der Waals surface area (Å²) in [6.45, 7) is 2.00. The minimum Gasteiger partial charge on any atom is -0.352 e. The van der Waals surface area contributed by atoms with Crippen molar-refractivity contribution in [1.29, 1.82) is 0 Å². The number of aryl methyl sites for hydroxylation is 1. The van der Waals surface area contributed by atoms with Crippen molar-refractivity contribution in [3.8, 4) is 0 Å². The second kappa shape index (κ2) is 7.57. The number of para-hydroxylation sites is 1. The molecule has 0 unspecified atom stereocenters. The van der Waals surface area contributed by atoms with Gasteiger partial charge in [0.1, 0.15) is 11.6 Å². The van der Waals surface area contributed by atoms with Crippen molar-refractivity contribution in [2.45, 2.75) is 13.3 Å². The van der Waals surface area contributed by atoms with Gasteiger partial charge in [-0.15, -0.1) is 0 Å². The Bertz CT molecular complexity index is 861. The molecule has 1 aromatic heterocycles. The Kier molecular flexibility index (Phi) is 5.04. The average Bonchev–Trinajstić information content (AvgIpc) is 2.61. The molecule has 0 aliphatic rings. The standard InChI is InChI=1S/C20H18FN3O/c1-14-6-8-15(9-7-14)12-20(25)24-19-11-10-16(13-22-19)23-18-5-3-2-4-17(18)21/h2-11,13,23H,12H2,1H3,(H,22,24,25). The van der Waals surface area contributed by atoms with Gasteiger partial charge >= 0.3 is 0 Å². The Hall–Kier alpha value is -3.21. The summed E-state index contributed by atoms with van der Waals surface area (Å²) in [4.78, 5) is 16.3. The van der Waals surface area contributed by atoms with Gasteiger partial charge in [-0.2, -0.15) is 0 Å². The molecule has 4 nitrogen and oxygen atoms in total. The summed E-state index contributed by atoms with van der Waals surface area (Å²) in [7, 11) is 0. The molecular weight excluding hydrogens is 317 g/mol. The number of carbonyl (C=O) groups is 1. The molecule has 0 fully saturated rings. The second-order valence-electron chi connectivity index (χ2n) is 5.75. The van der Waals surface area contributed by atoms with E-state index in [1.165, 1.54) is 6.07 Å². The molecule has 3 aromatic rings. The maximum absolute atomic E-state index is 13.6. The number of hydrogen-bond acceptors (Lipinski definition) is 3. The van der Waals surface area contributed by atoms with Crippen molar-refractivity contribution in [2.24, 2.45) is 0 Å². The minimum atomic E-state index is -0.335. The van der Waals surface area contributed by atoms with E-state index in [9.17, 15) is 9.18 Å². The summed E-state index contributed by atoms with van der Waals surface area (Å²) in [5.74, 6) is -0.0136. The van der Waals surface area contributed by atoms with E-state index in [1.807, 2.05) is 31.2 Å². The van der Waals surface area contributed by atoms with Crippen LogP contribution >= 0.6 is 0 Å². The lowest BCUT2D eigenvalue weighted by atomic mass is 10.1. The molecule has 1 amide bonds. The van der Waals surface area contributed by atoms with Gasteiger partial charge < -0.3 is 10.6 Å². The van der Waals surface area contributed by atoms with Crippen molar-refractivity contribution >= 4 is 23.1 Å². The topological polar surface area (TPSA) is 54.0 Å². The van der Waals surface area contributed by atoms with E-state index in [1.54, 1.807) is 36.5 Å². The van der Waals surface area contributed by atoms with Crippen LogP contribution in [-0.2, 0) is 11.2 Å². The molecule has 126 valence electrons. The Labute approximate surface area is 145 Å². The van der Waals surface area contributed by atoms with Crippen LogP contribution in [0.3, 0.4) is 0 Å². The first-order valence-electron chi connectivity index (χ1n) is 7.93. The van der Waals surface area contributed by atoms with E-state index in [0.29, 0.717) is 17.2 Å². The van der Waals surface area contributed by atoms with Crippen molar-refractivity contribution in [3.05, 3.63) is 83.8 Å². The Morgan fingerprint density at radius 3 is 2.48 bits per heavy atom. The van der Waals surface area contributed by atoms with Gasteiger partial charge in [0.25, 0.3) is 0 Å². The highest BCUT2D eigenvalue weighted by atomic mass is 19.1. The number of carbonyl (C=O) groups excluding carboxylic acids is 1. The fourth-order valence-corrected chi connectivity index (χ4v) is 2.34. The molecule has 0 atom stereocenters. The summed E-state index contributed by atoms with van der Waals surface area (Å²) in [5, 5.41) is 5.70. The smallest absolute Gasteiger partial charge is 0.229 e. The average molecular weight is 335 g/mol. The molecule has 0 radical (unpaired) electrons. The summed E-state index contributed by atoms with van der Waals surface area (Å²) >= 11 is 0. The number of nitrogens with one attached hydrogen (secondary N) is 2. The van der Waals surface area contributed by atoms with E-state index < -0.39 is 0 Å². The fraction of sp³-hybridized carbons (Fsp3) is 0.100. The highest BCUT2D eigenvalue weighted by Gasteiger charge is 2.06. The van der Waals surface area contributed by atoms with E-state index in [4.69, 9.17) is 0 Å². The molecule has 0 saturated heterocycles. The predicted octanol–water partition coefficient (Wildman–Crippen LogP) is 4.45. The SMILES string of the molecule is Cc1ccc(CC(=O)Nc2ccc(Nc3ccccc3F)cn2)cc1. The quantitative estimate of drug-likeness (QED) is 0.724. The number of pyridine rings is 1. The van der Waals surface area contributed by atoms with Gasteiger partial charge in [0, 0.05) is 0 Å². The van der Waals surface area contributed by atoms with Gasteiger partial charge in [0.15, 0.2) is 0 Å². The lowest BCUT2D eigenvalue weighted by Crippen LogP contribution is -2.15. The molecule has 0 saturated carbocycles. The number of amides is 1. The van der Waals surface area contributed by atoms with Crippen LogP contribution in [0.25, 0.3) is 0 Å². The van der Waals surface area contributed by atoms with Gasteiger partial charge in [-0.3, -0.25) is 4.79 Å². The zero-order valence-electron chi connectivity index (χ0n) is 13.8. The lowest BCUT2D eigenvalue weighted by molar-refractivity contribution is -0.115. The molecule has 25 heavy (non-hydrogen) atoms. The monoisotopic (exact) mass is 335 g/mol. The largest absolute Gasteiger partial charge is 0.352 e. The first-order valence-corrected chi connectivity index (χ1v) is 7.93. The second-order valence-corrected chi connectivity index (χ2v) is 5.75. The normalized spacial score (nSPS) is 10.3. The molecule has 2 aromatic carbocycles. The molecular formula is C20H18FN3O. The Morgan fingerprint density at radius 1 is 1.04 bits per heavy atom. The predicted molar refractivity (Wildman–Crippen MR) is 97.4 cm³/mol. The first kappa shape index (κ1) is 16.6. The van der Waals surface area contributed by atoms with E-state index in [-0.39, 0.29) is 18.1 Å². The van der Waals surface area contributed by atoms with Crippen LogP contribution in [-0.4, -0.2) is 10.9 Å². The third kappa shape index (κ3) is 4.64. The Morgan fingerprint density at radius 2 is 1.80 bits per heavy atom. The van der Waals surface area contributed by atoms with Gasteiger partial charge in [-0.05, 0) is 36.8 Å². The number of nitrogens with zero attached hydrogens (tertiary/aromatic N) is 1. The molecule has 2 N–H and O–H groups in total. The maximum atomic E-state index is 13.6. The molecule has 1 heterocycles. The highest BCUT2D eigenvalue weighted by Crippen LogP contribution is 2.19. The number of benzene rings is 2. The van der Waals surface area contributed by atoms with Gasteiger partial charge in [0.05, 0.1) is 24.0 Å². The zero-order chi connectivity index (χ0) is 17.6. The third-order valence-electron chi connectivity index (χ3n) is 3.67. The van der Waals surface area contributed by atoms with Crippen molar-refractivity contribution in [3.63, 3.8) is 0 Å². The van der Waals surface area contributed by atoms with E-state index in [0.717, 1.165) is 11.1 Å². The van der Waals surface area contributed by atoms with Gasteiger partial charge in [-0.25, -0.2) is 9.37 Å². The number of halogens is 1. The summed E-state index contributed by atoms with van der Waals surface area (Å²) in [6, 6.07) is 17.6. The fourth-order valence-electron chi connectivity index (χ4n) is 2.34. The van der Waals surface area contributed by atoms with Crippen LogP contribution in [0.2, 0.25) is 0 Å². The molecule has 0 aliphatic heterocycles. The summed E-state index contributed by atoms with van der Waals surface area (Å²) < 4.78 is 13.6. The number of aromatic nitrogens is 1.